The molecule has 1 unspecified atom stereocenters. The summed E-state index contributed by atoms with van der Waals surface area (Å²) in [6, 6.07) is 19.6. The molecule has 1 N–H and O–H groups in total. The molecule has 6 heteroatoms. The van der Waals surface area contributed by atoms with Crippen LogP contribution in [-0.4, -0.2) is 34.9 Å². The molecule has 4 rings (SSSR count). The highest BCUT2D eigenvalue weighted by atomic mass is 16.5. The topological polar surface area (TPSA) is 76.1 Å². The molecule has 1 fully saturated rings. The van der Waals surface area contributed by atoms with Crippen LogP contribution < -0.4 is 9.47 Å². The summed E-state index contributed by atoms with van der Waals surface area (Å²) in [5, 5.41) is 11.5. The van der Waals surface area contributed by atoms with Crippen LogP contribution in [0.2, 0.25) is 0 Å². The number of amides is 1. The summed E-state index contributed by atoms with van der Waals surface area (Å²) >= 11 is 0. The maximum Gasteiger partial charge on any atom is 0.295 e. The Hall–Kier alpha value is -4.06. The number of aliphatic hydroxyl groups excluding tert-OH is 1. The zero-order valence-electron chi connectivity index (χ0n) is 21.2. The van der Waals surface area contributed by atoms with E-state index in [1.165, 1.54) is 4.90 Å². The van der Waals surface area contributed by atoms with Crippen molar-refractivity contribution in [3.05, 3.63) is 100 Å². The summed E-state index contributed by atoms with van der Waals surface area (Å²) in [5.74, 6) is -0.338. The molecule has 1 saturated heterocycles. The average Bonchev–Trinajstić information content (AvgIpc) is 3.10. The normalized spacial score (nSPS) is 17.1. The molecule has 1 atom stereocenters. The number of ketones is 1. The summed E-state index contributed by atoms with van der Waals surface area (Å²) in [5.41, 5.74) is 3.77. The van der Waals surface area contributed by atoms with Crippen LogP contribution in [0.15, 0.2) is 72.3 Å². The number of carbonyl (C=O) groups excluding carboxylic acids is 2. The summed E-state index contributed by atoms with van der Waals surface area (Å²) in [7, 11) is 1.57. The van der Waals surface area contributed by atoms with Gasteiger partial charge in [-0.1, -0.05) is 48.0 Å². The highest BCUT2D eigenvalue weighted by Gasteiger charge is 2.46. The van der Waals surface area contributed by atoms with E-state index < -0.39 is 17.7 Å². The molecule has 1 heterocycles. The second kappa shape index (κ2) is 10.3. The van der Waals surface area contributed by atoms with Gasteiger partial charge in [-0.05, 0) is 63.1 Å². The molecule has 1 aliphatic heterocycles. The van der Waals surface area contributed by atoms with Crippen LogP contribution in [-0.2, 0) is 16.1 Å². The highest BCUT2D eigenvalue weighted by molar-refractivity contribution is 6.46. The predicted octanol–water partition coefficient (Wildman–Crippen LogP) is 5.72. The molecule has 0 aromatic heterocycles. The number of benzene rings is 3. The number of hydrogen-bond donors (Lipinski definition) is 1. The van der Waals surface area contributed by atoms with Crippen LogP contribution >= 0.6 is 0 Å². The molecule has 3 aromatic rings. The van der Waals surface area contributed by atoms with E-state index in [4.69, 9.17) is 9.47 Å². The van der Waals surface area contributed by atoms with Crippen molar-refractivity contribution in [1.29, 1.82) is 0 Å². The Morgan fingerprint density at radius 2 is 1.75 bits per heavy atom. The van der Waals surface area contributed by atoms with Gasteiger partial charge in [0.1, 0.15) is 17.3 Å². The third-order valence-corrected chi connectivity index (χ3v) is 6.27. The second-order valence-electron chi connectivity index (χ2n) is 9.30. The number of ether oxygens (including phenoxy) is 2. The quantitative estimate of drug-likeness (QED) is 0.263. The van der Waals surface area contributed by atoms with Gasteiger partial charge in [-0.25, -0.2) is 0 Å². The van der Waals surface area contributed by atoms with Gasteiger partial charge >= 0.3 is 0 Å². The van der Waals surface area contributed by atoms with Crippen molar-refractivity contribution in [2.75, 3.05) is 7.11 Å². The minimum absolute atomic E-state index is 0.0462. The van der Waals surface area contributed by atoms with Crippen molar-refractivity contribution in [2.24, 2.45) is 0 Å². The first kappa shape index (κ1) is 25.0. The number of aliphatic hydroxyl groups is 1. The first-order valence-corrected chi connectivity index (χ1v) is 12.0. The lowest BCUT2D eigenvalue weighted by Crippen LogP contribution is -2.29. The molecule has 1 amide bonds. The van der Waals surface area contributed by atoms with E-state index in [2.05, 4.69) is 0 Å². The zero-order valence-corrected chi connectivity index (χ0v) is 21.2. The largest absolute Gasteiger partial charge is 0.507 e. The molecule has 1 aliphatic rings. The van der Waals surface area contributed by atoms with E-state index in [1.807, 2.05) is 94.4 Å². The number of nitrogens with zero attached hydrogens (tertiary/aromatic N) is 1. The van der Waals surface area contributed by atoms with E-state index in [9.17, 15) is 14.7 Å². The highest BCUT2D eigenvalue weighted by Crippen LogP contribution is 2.42. The van der Waals surface area contributed by atoms with Crippen LogP contribution in [0.4, 0.5) is 0 Å². The minimum atomic E-state index is -0.800. The Labute approximate surface area is 211 Å². The molecule has 0 bridgehead atoms. The fraction of sp³-hybridized carbons (Fsp3) is 0.267. The average molecular weight is 486 g/mol. The van der Waals surface area contributed by atoms with Crippen molar-refractivity contribution >= 4 is 17.4 Å². The summed E-state index contributed by atoms with van der Waals surface area (Å²) < 4.78 is 11.4. The number of Topliss-reactive ketones (excluding diaryl/α,β-unsaturated/α-hetero) is 1. The SMILES string of the molecule is COc1ccccc1CN1C(=O)C(=O)/C(=C(/O)c2cc(C)ccc2C)C1c1cccc(OC(C)C)c1. The first-order valence-electron chi connectivity index (χ1n) is 12.0. The molecule has 0 aliphatic carbocycles. The molecule has 3 aromatic carbocycles. The van der Waals surface area contributed by atoms with Crippen molar-refractivity contribution in [2.45, 2.75) is 46.4 Å². The number of rotatable bonds is 7. The summed E-state index contributed by atoms with van der Waals surface area (Å²) in [4.78, 5) is 28.4. The van der Waals surface area contributed by atoms with Crippen LogP contribution in [0.5, 0.6) is 11.5 Å². The standard InChI is InChI=1S/C30H31NO5/c1-18(2)36-23-11-8-10-21(16-23)27-26(28(32)24-15-19(3)13-14-20(24)4)29(33)30(34)31(27)17-22-9-6-7-12-25(22)35-5/h6-16,18,27,32H,17H2,1-5H3/b28-26+. The van der Waals surface area contributed by atoms with Gasteiger partial charge in [-0.15, -0.1) is 0 Å². The monoisotopic (exact) mass is 485 g/mol. The maximum atomic E-state index is 13.4. The van der Waals surface area contributed by atoms with Gasteiger partial charge in [0.05, 0.1) is 31.4 Å². The number of aryl methyl sites for hydroxylation is 2. The molecule has 0 radical (unpaired) electrons. The Morgan fingerprint density at radius 3 is 2.47 bits per heavy atom. The molecule has 0 saturated carbocycles. The fourth-order valence-electron chi connectivity index (χ4n) is 4.57. The van der Waals surface area contributed by atoms with Crippen LogP contribution in [0, 0.1) is 13.8 Å². The number of carbonyl (C=O) groups is 2. The van der Waals surface area contributed by atoms with Gasteiger partial charge in [0, 0.05) is 11.1 Å². The predicted molar refractivity (Wildman–Crippen MR) is 139 cm³/mol. The van der Waals surface area contributed by atoms with E-state index in [-0.39, 0.29) is 24.0 Å². The number of likely N-dealkylation sites (tertiary alicyclic amines) is 1. The molecule has 186 valence electrons. The Kier molecular flexibility index (Phi) is 7.15. The van der Waals surface area contributed by atoms with Gasteiger partial charge < -0.3 is 19.5 Å². The molecular formula is C30H31NO5. The van der Waals surface area contributed by atoms with Crippen molar-refractivity contribution in [3.63, 3.8) is 0 Å². The lowest BCUT2D eigenvalue weighted by Gasteiger charge is -2.26. The molecule has 0 spiro atoms. The van der Waals surface area contributed by atoms with Crippen LogP contribution in [0.1, 0.15) is 47.7 Å². The zero-order chi connectivity index (χ0) is 26.0. The van der Waals surface area contributed by atoms with Crippen molar-refractivity contribution in [1.82, 2.24) is 4.90 Å². The fourth-order valence-corrected chi connectivity index (χ4v) is 4.57. The number of methoxy groups -OCH3 is 1. The summed E-state index contributed by atoms with van der Waals surface area (Å²) in [6.07, 6.45) is -0.0462. The van der Waals surface area contributed by atoms with Gasteiger partial charge in [-0.2, -0.15) is 0 Å². The van der Waals surface area contributed by atoms with Gasteiger partial charge in [0.2, 0.25) is 0 Å². The Bertz CT molecular complexity index is 1340. The van der Waals surface area contributed by atoms with Crippen molar-refractivity contribution < 1.29 is 24.2 Å². The molecule has 6 nitrogen and oxygen atoms in total. The third kappa shape index (κ3) is 4.85. The van der Waals surface area contributed by atoms with Gasteiger partial charge in [-0.3, -0.25) is 9.59 Å². The molecule has 36 heavy (non-hydrogen) atoms. The van der Waals surface area contributed by atoms with E-state index in [1.54, 1.807) is 7.11 Å². The lowest BCUT2D eigenvalue weighted by molar-refractivity contribution is -0.140. The Morgan fingerprint density at radius 1 is 1.00 bits per heavy atom. The third-order valence-electron chi connectivity index (χ3n) is 6.27. The number of para-hydroxylation sites is 1. The second-order valence-corrected chi connectivity index (χ2v) is 9.30. The van der Waals surface area contributed by atoms with E-state index in [0.29, 0.717) is 22.6 Å². The minimum Gasteiger partial charge on any atom is -0.507 e. The van der Waals surface area contributed by atoms with Crippen LogP contribution in [0.25, 0.3) is 5.76 Å². The van der Waals surface area contributed by atoms with Gasteiger partial charge in [0.15, 0.2) is 0 Å². The van der Waals surface area contributed by atoms with Crippen LogP contribution in [0.3, 0.4) is 0 Å². The molecular weight excluding hydrogens is 454 g/mol. The van der Waals surface area contributed by atoms with E-state index in [0.717, 1.165) is 16.7 Å². The maximum absolute atomic E-state index is 13.4. The van der Waals surface area contributed by atoms with E-state index >= 15 is 0 Å². The number of hydrogen-bond acceptors (Lipinski definition) is 5. The van der Waals surface area contributed by atoms with Crippen molar-refractivity contribution in [3.8, 4) is 11.5 Å². The lowest BCUT2D eigenvalue weighted by atomic mass is 9.93. The van der Waals surface area contributed by atoms with Gasteiger partial charge in [0.25, 0.3) is 11.7 Å². The summed E-state index contributed by atoms with van der Waals surface area (Å²) in [6.45, 7) is 7.78. The first-order chi connectivity index (χ1) is 17.2. The Balaban J connectivity index is 1.91. The smallest absolute Gasteiger partial charge is 0.295 e.